The largest absolute Gasteiger partial charge is 0.465 e. The molecule has 0 radical (unpaired) electrons. The van der Waals surface area contributed by atoms with Gasteiger partial charge in [0.05, 0.1) is 18.8 Å². The Labute approximate surface area is 82.6 Å². The monoisotopic (exact) mass is 192 g/mol. The van der Waals surface area contributed by atoms with Crippen LogP contribution in [0.25, 0.3) is 0 Å². The number of methoxy groups -OCH3 is 1. The topological polar surface area (TPSA) is 46.5 Å². The first-order valence-corrected chi connectivity index (χ1v) is 4.18. The Morgan fingerprint density at radius 2 is 2.21 bits per heavy atom. The van der Waals surface area contributed by atoms with E-state index in [4.69, 9.17) is 0 Å². The van der Waals surface area contributed by atoms with E-state index in [9.17, 15) is 9.90 Å². The highest BCUT2D eigenvalue weighted by Gasteiger charge is 2.14. The van der Waals surface area contributed by atoms with Gasteiger partial charge in [0.25, 0.3) is 0 Å². The van der Waals surface area contributed by atoms with E-state index in [1.165, 1.54) is 13.2 Å². The molecule has 0 amide bonds. The Bertz CT molecular complexity index is 344. The van der Waals surface area contributed by atoms with Gasteiger partial charge in [-0.15, -0.1) is 6.58 Å². The maximum absolute atomic E-state index is 11.3. The van der Waals surface area contributed by atoms with Crippen molar-refractivity contribution >= 4 is 5.97 Å². The molecule has 1 aromatic carbocycles. The third-order valence-electron chi connectivity index (χ3n) is 1.91. The Balaban J connectivity index is 3.15. The zero-order valence-corrected chi connectivity index (χ0v) is 7.93. The van der Waals surface area contributed by atoms with Gasteiger partial charge < -0.3 is 9.84 Å². The second-order valence-corrected chi connectivity index (χ2v) is 2.76. The Morgan fingerprint density at radius 1 is 1.57 bits per heavy atom. The van der Waals surface area contributed by atoms with Gasteiger partial charge >= 0.3 is 5.97 Å². The van der Waals surface area contributed by atoms with Crippen molar-refractivity contribution in [2.75, 3.05) is 7.11 Å². The van der Waals surface area contributed by atoms with Crippen molar-refractivity contribution in [2.45, 2.75) is 6.10 Å². The maximum atomic E-state index is 11.3. The average Bonchev–Trinajstić information content (AvgIpc) is 2.27. The summed E-state index contributed by atoms with van der Waals surface area (Å²) in [5.41, 5.74) is 0.872. The summed E-state index contributed by atoms with van der Waals surface area (Å²) in [6, 6.07) is 6.73. The molecule has 0 saturated heterocycles. The molecule has 14 heavy (non-hydrogen) atoms. The molecule has 0 aliphatic heterocycles. The summed E-state index contributed by atoms with van der Waals surface area (Å²) in [6.45, 7) is 3.46. The number of aliphatic hydroxyl groups is 1. The van der Waals surface area contributed by atoms with Gasteiger partial charge in [0.2, 0.25) is 0 Å². The summed E-state index contributed by atoms with van der Waals surface area (Å²) in [7, 11) is 1.30. The van der Waals surface area contributed by atoms with E-state index >= 15 is 0 Å². The maximum Gasteiger partial charge on any atom is 0.338 e. The van der Waals surface area contributed by atoms with Crippen molar-refractivity contribution in [3.63, 3.8) is 0 Å². The highest BCUT2D eigenvalue weighted by molar-refractivity contribution is 5.91. The first-order chi connectivity index (χ1) is 6.70. The fourth-order valence-corrected chi connectivity index (χ4v) is 1.18. The molecular weight excluding hydrogens is 180 g/mol. The van der Waals surface area contributed by atoms with Gasteiger partial charge in [-0.3, -0.25) is 0 Å². The summed E-state index contributed by atoms with van der Waals surface area (Å²) in [5.74, 6) is -0.457. The highest BCUT2D eigenvalue weighted by Crippen LogP contribution is 2.19. The zero-order valence-electron chi connectivity index (χ0n) is 7.93. The van der Waals surface area contributed by atoms with Crippen LogP contribution in [-0.2, 0) is 4.74 Å². The number of carbonyl (C=O) groups is 1. The number of esters is 1. The number of ether oxygens (including phenoxy) is 1. The van der Waals surface area contributed by atoms with Gasteiger partial charge in [-0.25, -0.2) is 4.79 Å². The summed E-state index contributed by atoms with van der Waals surface area (Å²) in [5, 5.41) is 9.53. The van der Waals surface area contributed by atoms with Crippen molar-refractivity contribution in [1.82, 2.24) is 0 Å². The van der Waals surface area contributed by atoms with Gasteiger partial charge in [0.1, 0.15) is 0 Å². The smallest absolute Gasteiger partial charge is 0.338 e. The number of benzene rings is 1. The molecular formula is C11H12O3. The van der Waals surface area contributed by atoms with Crippen LogP contribution in [0, 0.1) is 0 Å². The zero-order chi connectivity index (χ0) is 10.6. The fraction of sp³-hybridized carbons (Fsp3) is 0.182. The van der Waals surface area contributed by atoms with Gasteiger partial charge in [-0.2, -0.15) is 0 Å². The van der Waals surface area contributed by atoms with Crippen molar-refractivity contribution < 1.29 is 14.6 Å². The van der Waals surface area contributed by atoms with Crippen molar-refractivity contribution in [2.24, 2.45) is 0 Å². The van der Waals surface area contributed by atoms with Crippen LogP contribution >= 0.6 is 0 Å². The van der Waals surface area contributed by atoms with E-state index in [-0.39, 0.29) is 0 Å². The van der Waals surface area contributed by atoms with Crippen LogP contribution in [0.15, 0.2) is 36.9 Å². The quantitative estimate of drug-likeness (QED) is 0.585. The molecule has 74 valence electrons. The molecule has 0 heterocycles. The first kappa shape index (κ1) is 10.5. The molecule has 0 fully saturated rings. The molecule has 0 spiro atoms. The van der Waals surface area contributed by atoms with E-state index < -0.39 is 12.1 Å². The normalized spacial score (nSPS) is 11.9. The van der Waals surface area contributed by atoms with Crippen LogP contribution in [0.2, 0.25) is 0 Å². The minimum absolute atomic E-state index is 0.363. The molecule has 0 aliphatic carbocycles. The van der Waals surface area contributed by atoms with E-state index in [1.54, 1.807) is 24.3 Å². The minimum atomic E-state index is -0.842. The van der Waals surface area contributed by atoms with Crippen LogP contribution in [0.3, 0.4) is 0 Å². The standard InChI is InChI=1S/C11H12O3/c1-3-10(12)8-6-4-5-7-9(8)11(13)14-2/h3-7,10,12H,1H2,2H3. The lowest BCUT2D eigenvalue weighted by Crippen LogP contribution is -2.07. The van der Waals surface area contributed by atoms with Gasteiger partial charge in [0.15, 0.2) is 0 Å². The predicted octanol–water partition coefficient (Wildman–Crippen LogP) is 1.69. The number of aliphatic hydroxyl groups excluding tert-OH is 1. The molecule has 1 aromatic rings. The lowest BCUT2D eigenvalue weighted by molar-refractivity contribution is 0.0595. The second-order valence-electron chi connectivity index (χ2n) is 2.76. The number of hydrogen-bond acceptors (Lipinski definition) is 3. The molecule has 0 aromatic heterocycles. The SMILES string of the molecule is C=CC(O)c1ccccc1C(=O)OC. The van der Waals surface area contributed by atoms with Crippen molar-refractivity contribution in [3.8, 4) is 0 Å². The molecule has 1 atom stereocenters. The van der Waals surface area contributed by atoms with Crippen LogP contribution in [0.1, 0.15) is 22.0 Å². The van der Waals surface area contributed by atoms with Crippen LogP contribution in [-0.4, -0.2) is 18.2 Å². The van der Waals surface area contributed by atoms with E-state index in [1.807, 2.05) is 0 Å². The first-order valence-electron chi connectivity index (χ1n) is 4.18. The molecule has 0 aliphatic rings. The van der Waals surface area contributed by atoms with Gasteiger partial charge in [0, 0.05) is 0 Å². The molecule has 1 unspecified atom stereocenters. The third kappa shape index (κ3) is 2.00. The molecule has 0 bridgehead atoms. The Hall–Kier alpha value is -1.61. The lowest BCUT2D eigenvalue weighted by atomic mass is 10.0. The Kier molecular flexibility index (Phi) is 3.42. The predicted molar refractivity (Wildman–Crippen MR) is 52.9 cm³/mol. The summed E-state index contributed by atoms with van der Waals surface area (Å²) < 4.78 is 4.59. The van der Waals surface area contributed by atoms with Gasteiger partial charge in [-0.05, 0) is 11.6 Å². The molecule has 3 nitrogen and oxygen atoms in total. The summed E-state index contributed by atoms with van der Waals surface area (Å²) >= 11 is 0. The number of carbonyl (C=O) groups excluding carboxylic acids is 1. The van der Waals surface area contributed by atoms with Crippen LogP contribution < -0.4 is 0 Å². The van der Waals surface area contributed by atoms with Gasteiger partial charge in [-0.1, -0.05) is 24.3 Å². The third-order valence-corrected chi connectivity index (χ3v) is 1.91. The van der Waals surface area contributed by atoms with E-state index in [2.05, 4.69) is 11.3 Å². The Morgan fingerprint density at radius 3 is 2.79 bits per heavy atom. The molecule has 1 N–H and O–H groups in total. The van der Waals surface area contributed by atoms with E-state index in [0.29, 0.717) is 11.1 Å². The van der Waals surface area contributed by atoms with Crippen molar-refractivity contribution in [1.29, 1.82) is 0 Å². The van der Waals surface area contributed by atoms with Crippen LogP contribution in [0.4, 0.5) is 0 Å². The molecule has 3 heteroatoms. The van der Waals surface area contributed by atoms with E-state index in [0.717, 1.165) is 0 Å². The minimum Gasteiger partial charge on any atom is -0.465 e. The fourth-order valence-electron chi connectivity index (χ4n) is 1.18. The van der Waals surface area contributed by atoms with Crippen LogP contribution in [0.5, 0.6) is 0 Å². The van der Waals surface area contributed by atoms with Crippen molar-refractivity contribution in [3.05, 3.63) is 48.0 Å². The molecule has 1 rings (SSSR count). The average molecular weight is 192 g/mol. The lowest BCUT2D eigenvalue weighted by Gasteiger charge is -2.10. The highest BCUT2D eigenvalue weighted by atomic mass is 16.5. The molecule has 0 saturated carbocycles. The number of rotatable bonds is 3. The summed E-state index contributed by atoms with van der Waals surface area (Å²) in [4.78, 5) is 11.3. The summed E-state index contributed by atoms with van der Waals surface area (Å²) in [6.07, 6.45) is 0.521. The second kappa shape index (κ2) is 4.58. The number of hydrogen-bond donors (Lipinski definition) is 1.